The topological polar surface area (TPSA) is 37.3 Å². The lowest BCUT2D eigenvalue weighted by atomic mass is 10.0. The van der Waals surface area contributed by atoms with E-state index in [0.29, 0.717) is 12.3 Å². The summed E-state index contributed by atoms with van der Waals surface area (Å²) < 4.78 is 0. The monoisotopic (exact) mass is 144 g/mol. The number of ketones is 1. The zero-order chi connectivity index (χ0) is 7.98. The van der Waals surface area contributed by atoms with E-state index < -0.39 is 0 Å². The molecule has 0 aromatic rings. The van der Waals surface area contributed by atoms with E-state index in [4.69, 9.17) is 5.11 Å². The van der Waals surface area contributed by atoms with Crippen molar-refractivity contribution in [3.63, 3.8) is 0 Å². The fourth-order valence-corrected chi connectivity index (χ4v) is 0.814. The van der Waals surface area contributed by atoms with Gasteiger partial charge in [0.15, 0.2) is 0 Å². The SMILES string of the molecule is CC(=O)CCC(C)CCO. The Kier molecular flexibility index (Phi) is 5.22. The second-order valence-electron chi connectivity index (χ2n) is 2.86. The van der Waals surface area contributed by atoms with E-state index in [1.54, 1.807) is 6.92 Å². The van der Waals surface area contributed by atoms with Gasteiger partial charge in [-0.3, -0.25) is 0 Å². The fourth-order valence-electron chi connectivity index (χ4n) is 0.814. The molecule has 2 nitrogen and oxygen atoms in total. The van der Waals surface area contributed by atoms with Crippen LogP contribution in [-0.4, -0.2) is 17.5 Å². The van der Waals surface area contributed by atoms with Gasteiger partial charge in [-0.15, -0.1) is 0 Å². The van der Waals surface area contributed by atoms with Gasteiger partial charge in [-0.2, -0.15) is 0 Å². The first-order valence-corrected chi connectivity index (χ1v) is 3.77. The van der Waals surface area contributed by atoms with Gasteiger partial charge in [-0.25, -0.2) is 0 Å². The van der Waals surface area contributed by atoms with Crippen LogP contribution in [0.25, 0.3) is 0 Å². The van der Waals surface area contributed by atoms with E-state index in [1.807, 2.05) is 0 Å². The fraction of sp³-hybridized carbons (Fsp3) is 0.875. The molecule has 0 fully saturated rings. The molecule has 0 aromatic carbocycles. The molecule has 0 spiro atoms. The van der Waals surface area contributed by atoms with Crippen LogP contribution in [0, 0.1) is 5.92 Å². The molecule has 1 unspecified atom stereocenters. The lowest BCUT2D eigenvalue weighted by molar-refractivity contribution is -0.117. The molecule has 0 rings (SSSR count). The van der Waals surface area contributed by atoms with Crippen LogP contribution in [-0.2, 0) is 4.79 Å². The third-order valence-corrected chi connectivity index (χ3v) is 1.61. The van der Waals surface area contributed by atoms with E-state index in [0.717, 1.165) is 12.8 Å². The van der Waals surface area contributed by atoms with Crippen LogP contribution in [0.1, 0.15) is 33.1 Å². The number of aliphatic hydroxyl groups is 1. The minimum atomic E-state index is 0.235. The Morgan fingerprint density at radius 1 is 1.50 bits per heavy atom. The highest BCUT2D eigenvalue weighted by Crippen LogP contribution is 2.08. The normalized spacial score (nSPS) is 13.1. The number of aliphatic hydroxyl groups excluding tert-OH is 1. The van der Waals surface area contributed by atoms with Crippen molar-refractivity contribution in [2.75, 3.05) is 6.61 Å². The lowest BCUT2D eigenvalue weighted by Crippen LogP contribution is -2.00. The van der Waals surface area contributed by atoms with E-state index in [1.165, 1.54) is 0 Å². The van der Waals surface area contributed by atoms with Crippen LogP contribution in [0.3, 0.4) is 0 Å². The summed E-state index contributed by atoms with van der Waals surface area (Å²) in [5.41, 5.74) is 0. The average Bonchev–Trinajstić information content (AvgIpc) is 1.85. The van der Waals surface area contributed by atoms with Gasteiger partial charge in [0.2, 0.25) is 0 Å². The van der Waals surface area contributed by atoms with Crippen LogP contribution in [0.5, 0.6) is 0 Å². The molecular weight excluding hydrogens is 128 g/mol. The molecule has 1 atom stereocenters. The minimum absolute atomic E-state index is 0.235. The second-order valence-corrected chi connectivity index (χ2v) is 2.86. The van der Waals surface area contributed by atoms with Gasteiger partial charge >= 0.3 is 0 Å². The van der Waals surface area contributed by atoms with E-state index in [2.05, 4.69) is 6.92 Å². The maximum atomic E-state index is 10.5. The first-order chi connectivity index (χ1) is 4.66. The highest BCUT2D eigenvalue weighted by atomic mass is 16.3. The molecule has 60 valence electrons. The molecule has 0 amide bonds. The van der Waals surface area contributed by atoms with E-state index in [9.17, 15) is 4.79 Å². The molecule has 0 saturated carbocycles. The van der Waals surface area contributed by atoms with Crippen LogP contribution < -0.4 is 0 Å². The number of carbonyl (C=O) groups is 1. The van der Waals surface area contributed by atoms with Crippen molar-refractivity contribution in [1.82, 2.24) is 0 Å². The Hall–Kier alpha value is -0.370. The summed E-state index contributed by atoms with van der Waals surface area (Å²) in [5.74, 6) is 0.721. The Morgan fingerprint density at radius 3 is 2.50 bits per heavy atom. The number of carbonyl (C=O) groups excluding carboxylic acids is 1. The summed E-state index contributed by atoms with van der Waals surface area (Å²) in [6.07, 6.45) is 2.38. The van der Waals surface area contributed by atoms with Crippen molar-refractivity contribution in [3.05, 3.63) is 0 Å². The molecule has 0 bridgehead atoms. The number of rotatable bonds is 5. The summed E-state index contributed by atoms with van der Waals surface area (Å²) in [5, 5.41) is 8.52. The number of Topliss-reactive ketones (excluding diaryl/α,β-unsaturated/α-hetero) is 1. The first-order valence-electron chi connectivity index (χ1n) is 3.77. The van der Waals surface area contributed by atoms with Crippen LogP contribution in [0.15, 0.2) is 0 Å². The van der Waals surface area contributed by atoms with Gasteiger partial charge in [-0.1, -0.05) is 6.92 Å². The summed E-state index contributed by atoms with van der Waals surface area (Å²) in [6, 6.07) is 0. The van der Waals surface area contributed by atoms with Crippen molar-refractivity contribution < 1.29 is 9.90 Å². The molecule has 1 N–H and O–H groups in total. The number of hydrogen-bond donors (Lipinski definition) is 1. The third kappa shape index (κ3) is 5.76. The molecular formula is C8H16O2. The molecule has 0 aliphatic rings. The van der Waals surface area contributed by atoms with Crippen molar-refractivity contribution >= 4 is 5.78 Å². The maximum absolute atomic E-state index is 10.5. The van der Waals surface area contributed by atoms with Crippen molar-refractivity contribution in [3.8, 4) is 0 Å². The maximum Gasteiger partial charge on any atom is 0.129 e. The van der Waals surface area contributed by atoms with Gasteiger partial charge in [0.05, 0.1) is 0 Å². The number of hydrogen-bond acceptors (Lipinski definition) is 2. The van der Waals surface area contributed by atoms with Crippen molar-refractivity contribution in [1.29, 1.82) is 0 Å². The standard InChI is InChI=1S/C8H16O2/c1-7(5-6-9)3-4-8(2)10/h7,9H,3-6H2,1-2H3. The van der Waals surface area contributed by atoms with Gasteiger partial charge in [0.25, 0.3) is 0 Å². The van der Waals surface area contributed by atoms with E-state index in [-0.39, 0.29) is 12.4 Å². The summed E-state index contributed by atoms with van der Waals surface area (Å²) in [4.78, 5) is 10.5. The van der Waals surface area contributed by atoms with Crippen LogP contribution >= 0.6 is 0 Å². The van der Waals surface area contributed by atoms with Gasteiger partial charge < -0.3 is 9.90 Å². The van der Waals surface area contributed by atoms with Gasteiger partial charge in [0, 0.05) is 13.0 Å². The molecule has 0 saturated heterocycles. The smallest absolute Gasteiger partial charge is 0.129 e. The van der Waals surface area contributed by atoms with Crippen LogP contribution in [0.2, 0.25) is 0 Å². The van der Waals surface area contributed by atoms with Gasteiger partial charge in [0.1, 0.15) is 5.78 Å². The minimum Gasteiger partial charge on any atom is -0.396 e. The predicted molar refractivity (Wildman–Crippen MR) is 40.8 cm³/mol. The van der Waals surface area contributed by atoms with Crippen LogP contribution in [0.4, 0.5) is 0 Å². The zero-order valence-corrected chi connectivity index (χ0v) is 6.76. The Morgan fingerprint density at radius 2 is 2.10 bits per heavy atom. The molecule has 0 aromatic heterocycles. The quantitative estimate of drug-likeness (QED) is 0.632. The highest BCUT2D eigenvalue weighted by molar-refractivity contribution is 5.75. The summed E-state index contributed by atoms with van der Waals surface area (Å²) in [7, 11) is 0. The van der Waals surface area contributed by atoms with Crippen molar-refractivity contribution in [2.45, 2.75) is 33.1 Å². The predicted octanol–water partition coefficient (Wildman–Crippen LogP) is 1.37. The Labute approximate surface area is 62.2 Å². The summed E-state index contributed by atoms with van der Waals surface area (Å²) >= 11 is 0. The largest absolute Gasteiger partial charge is 0.396 e. The molecule has 10 heavy (non-hydrogen) atoms. The average molecular weight is 144 g/mol. The first kappa shape index (κ1) is 9.63. The zero-order valence-electron chi connectivity index (χ0n) is 6.76. The Bertz CT molecular complexity index is 99.4. The molecule has 2 heteroatoms. The summed E-state index contributed by atoms with van der Waals surface area (Å²) in [6.45, 7) is 3.89. The molecule has 0 aliphatic heterocycles. The highest BCUT2D eigenvalue weighted by Gasteiger charge is 2.01. The third-order valence-electron chi connectivity index (χ3n) is 1.61. The molecule has 0 heterocycles. The van der Waals surface area contributed by atoms with Crippen molar-refractivity contribution in [2.24, 2.45) is 5.92 Å². The van der Waals surface area contributed by atoms with E-state index >= 15 is 0 Å². The lowest BCUT2D eigenvalue weighted by Gasteiger charge is -2.06. The molecule has 0 aliphatic carbocycles. The van der Waals surface area contributed by atoms with Gasteiger partial charge in [-0.05, 0) is 25.7 Å². The molecule has 0 radical (unpaired) electrons. The Balaban J connectivity index is 3.21. The second kappa shape index (κ2) is 5.42.